The van der Waals surface area contributed by atoms with Gasteiger partial charge in [-0.05, 0) is 31.6 Å². The lowest BCUT2D eigenvalue weighted by atomic mass is 9.82. The van der Waals surface area contributed by atoms with Crippen LogP contribution in [0.3, 0.4) is 0 Å². The van der Waals surface area contributed by atoms with E-state index in [1.807, 2.05) is 0 Å². The minimum absolute atomic E-state index is 0.146. The second-order valence-corrected chi connectivity index (χ2v) is 5.02. The molecule has 1 fully saturated rings. The molecule has 0 aliphatic heterocycles. The first kappa shape index (κ1) is 16.3. The summed E-state index contributed by atoms with van der Waals surface area (Å²) in [6.45, 7) is 0.778. The Morgan fingerprint density at radius 2 is 1.80 bits per heavy atom. The number of hydrogen-bond donors (Lipinski definition) is 3. The molecule has 0 aromatic carbocycles. The molecule has 7 heteroatoms. The van der Waals surface area contributed by atoms with E-state index in [0.717, 1.165) is 12.8 Å². The number of esters is 1. The summed E-state index contributed by atoms with van der Waals surface area (Å²) in [5.74, 6) is -0.994. The normalized spacial score (nSPS) is 21.9. The monoisotopic (exact) mass is 286 g/mol. The van der Waals surface area contributed by atoms with Crippen LogP contribution in [0, 0.1) is 11.8 Å². The van der Waals surface area contributed by atoms with Crippen molar-refractivity contribution in [3.05, 3.63) is 0 Å². The van der Waals surface area contributed by atoms with Crippen molar-refractivity contribution in [1.29, 1.82) is 0 Å². The Morgan fingerprint density at radius 1 is 1.15 bits per heavy atom. The highest BCUT2D eigenvalue weighted by atomic mass is 16.5. The van der Waals surface area contributed by atoms with Gasteiger partial charge in [0, 0.05) is 13.1 Å². The van der Waals surface area contributed by atoms with Crippen LogP contribution in [0.2, 0.25) is 0 Å². The lowest BCUT2D eigenvalue weighted by Gasteiger charge is -2.26. The molecule has 7 nitrogen and oxygen atoms in total. The van der Waals surface area contributed by atoms with Crippen molar-refractivity contribution in [2.45, 2.75) is 32.1 Å². The van der Waals surface area contributed by atoms with Gasteiger partial charge in [-0.3, -0.25) is 9.59 Å². The number of methoxy groups -OCH3 is 1. The average Bonchev–Trinajstić information content (AvgIpc) is 2.45. The number of carboxylic acid groups (broad SMARTS) is 1. The van der Waals surface area contributed by atoms with E-state index in [1.165, 1.54) is 7.11 Å². The fraction of sp³-hybridized carbons (Fsp3) is 0.769. The zero-order valence-electron chi connectivity index (χ0n) is 11.7. The van der Waals surface area contributed by atoms with E-state index in [-0.39, 0.29) is 30.9 Å². The van der Waals surface area contributed by atoms with Crippen LogP contribution >= 0.6 is 0 Å². The van der Waals surface area contributed by atoms with E-state index >= 15 is 0 Å². The summed E-state index contributed by atoms with van der Waals surface area (Å²) < 4.78 is 4.46. The third kappa shape index (κ3) is 5.90. The maximum absolute atomic E-state index is 11.5. The molecule has 0 heterocycles. The number of amides is 2. The van der Waals surface area contributed by atoms with Crippen LogP contribution in [-0.2, 0) is 14.3 Å². The number of carboxylic acids is 1. The van der Waals surface area contributed by atoms with E-state index in [1.54, 1.807) is 0 Å². The van der Waals surface area contributed by atoms with Gasteiger partial charge in [0.2, 0.25) is 0 Å². The number of carbonyl (C=O) groups is 3. The van der Waals surface area contributed by atoms with Gasteiger partial charge >= 0.3 is 18.0 Å². The number of ether oxygens (including phenoxy) is 1. The molecule has 0 bridgehead atoms. The molecule has 0 saturated heterocycles. The van der Waals surface area contributed by atoms with Crippen molar-refractivity contribution in [2.75, 3.05) is 20.2 Å². The van der Waals surface area contributed by atoms with E-state index < -0.39 is 5.97 Å². The maximum Gasteiger partial charge on any atom is 0.314 e. The zero-order chi connectivity index (χ0) is 15.0. The summed E-state index contributed by atoms with van der Waals surface area (Å²) in [6.07, 6.45) is 3.13. The standard InChI is InChI=1S/C13H22N2O5/c1-20-11(16)6-7-14-13(19)15-8-9-2-4-10(5-3-9)12(17)18/h9-10H,2-8H2,1H3,(H,17,18)(H2,14,15,19). The summed E-state index contributed by atoms with van der Waals surface area (Å²) in [6, 6.07) is -0.311. The molecule has 1 aliphatic rings. The first-order valence-electron chi connectivity index (χ1n) is 6.84. The Kier molecular flexibility index (Phi) is 6.83. The zero-order valence-corrected chi connectivity index (χ0v) is 11.7. The quantitative estimate of drug-likeness (QED) is 0.625. The van der Waals surface area contributed by atoms with Crippen molar-refractivity contribution in [2.24, 2.45) is 11.8 Å². The van der Waals surface area contributed by atoms with Gasteiger partial charge in [0.25, 0.3) is 0 Å². The molecule has 0 unspecified atom stereocenters. The van der Waals surface area contributed by atoms with E-state index in [2.05, 4.69) is 15.4 Å². The molecule has 0 atom stereocenters. The molecule has 114 valence electrons. The Balaban J connectivity index is 2.10. The number of urea groups is 1. The largest absolute Gasteiger partial charge is 0.481 e. The molecule has 1 aliphatic carbocycles. The van der Waals surface area contributed by atoms with Crippen LogP contribution in [0.1, 0.15) is 32.1 Å². The molecule has 1 saturated carbocycles. The highest BCUT2D eigenvalue weighted by Gasteiger charge is 2.25. The van der Waals surface area contributed by atoms with Gasteiger partial charge in [-0.15, -0.1) is 0 Å². The lowest BCUT2D eigenvalue weighted by Crippen LogP contribution is -2.40. The topological polar surface area (TPSA) is 105 Å². The molecule has 0 aromatic heterocycles. The van der Waals surface area contributed by atoms with E-state index in [0.29, 0.717) is 25.3 Å². The minimum atomic E-state index is -0.725. The second kappa shape index (κ2) is 8.39. The Hall–Kier alpha value is -1.79. The van der Waals surface area contributed by atoms with Crippen molar-refractivity contribution < 1.29 is 24.2 Å². The van der Waals surface area contributed by atoms with Gasteiger partial charge in [0.1, 0.15) is 0 Å². The van der Waals surface area contributed by atoms with Crippen LogP contribution < -0.4 is 10.6 Å². The molecular formula is C13H22N2O5. The number of aliphatic carboxylic acids is 1. The summed E-state index contributed by atoms with van der Waals surface area (Å²) in [7, 11) is 1.30. The van der Waals surface area contributed by atoms with E-state index in [4.69, 9.17) is 5.11 Å². The smallest absolute Gasteiger partial charge is 0.314 e. The van der Waals surface area contributed by atoms with Gasteiger partial charge in [0.05, 0.1) is 19.4 Å². The van der Waals surface area contributed by atoms with Crippen LogP contribution in [0.4, 0.5) is 4.79 Å². The second-order valence-electron chi connectivity index (χ2n) is 5.02. The van der Waals surface area contributed by atoms with Crippen LogP contribution in [0.5, 0.6) is 0 Å². The van der Waals surface area contributed by atoms with Crippen LogP contribution in [0.25, 0.3) is 0 Å². The Bertz CT molecular complexity index is 351. The van der Waals surface area contributed by atoms with Crippen LogP contribution in [0.15, 0.2) is 0 Å². The fourth-order valence-corrected chi connectivity index (χ4v) is 2.29. The van der Waals surface area contributed by atoms with Crippen molar-refractivity contribution in [3.8, 4) is 0 Å². The molecule has 0 aromatic rings. The predicted octanol–water partition coefficient (Wildman–Crippen LogP) is 0.740. The molecule has 2 amide bonds. The summed E-state index contributed by atoms with van der Waals surface area (Å²) in [5.41, 5.74) is 0. The fourth-order valence-electron chi connectivity index (χ4n) is 2.29. The molecule has 20 heavy (non-hydrogen) atoms. The number of carbonyl (C=O) groups excluding carboxylic acids is 2. The predicted molar refractivity (Wildman–Crippen MR) is 71.1 cm³/mol. The first-order valence-corrected chi connectivity index (χ1v) is 6.84. The van der Waals surface area contributed by atoms with Gasteiger partial charge in [-0.25, -0.2) is 4.79 Å². The highest BCUT2D eigenvalue weighted by molar-refractivity contribution is 5.75. The minimum Gasteiger partial charge on any atom is -0.481 e. The van der Waals surface area contributed by atoms with Crippen molar-refractivity contribution in [3.63, 3.8) is 0 Å². The number of hydrogen-bond acceptors (Lipinski definition) is 4. The number of nitrogens with one attached hydrogen (secondary N) is 2. The van der Waals surface area contributed by atoms with Crippen molar-refractivity contribution in [1.82, 2.24) is 10.6 Å². The Morgan fingerprint density at radius 3 is 2.35 bits per heavy atom. The molecule has 0 spiro atoms. The molecule has 3 N–H and O–H groups in total. The number of rotatable bonds is 6. The molecular weight excluding hydrogens is 264 g/mol. The third-order valence-electron chi connectivity index (χ3n) is 3.59. The van der Waals surface area contributed by atoms with Gasteiger partial charge < -0.3 is 20.5 Å². The van der Waals surface area contributed by atoms with Crippen molar-refractivity contribution >= 4 is 18.0 Å². The van der Waals surface area contributed by atoms with Gasteiger partial charge in [0.15, 0.2) is 0 Å². The molecule has 0 radical (unpaired) electrons. The van der Waals surface area contributed by atoms with E-state index in [9.17, 15) is 14.4 Å². The first-order chi connectivity index (χ1) is 9.52. The average molecular weight is 286 g/mol. The van der Waals surface area contributed by atoms with Crippen LogP contribution in [-0.4, -0.2) is 43.3 Å². The maximum atomic E-state index is 11.5. The summed E-state index contributed by atoms with van der Waals surface area (Å²) >= 11 is 0. The Labute approximate surface area is 118 Å². The van der Waals surface area contributed by atoms with Gasteiger partial charge in [-0.2, -0.15) is 0 Å². The third-order valence-corrected chi connectivity index (χ3v) is 3.59. The SMILES string of the molecule is COC(=O)CCNC(=O)NCC1CCC(C(=O)O)CC1. The van der Waals surface area contributed by atoms with Gasteiger partial charge in [-0.1, -0.05) is 0 Å². The molecule has 1 rings (SSSR count). The lowest BCUT2D eigenvalue weighted by molar-refractivity contribution is -0.143. The highest BCUT2D eigenvalue weighted by Crippen LogP contribution is 2.28. The summed E-state index contributed by atoms with van der Waals surface area (Å²) in [4.78, 5) is 33.1. The summed E-state index contributed by atoms with van der Waals surface area (Å²) in [5, 5.41) is 14.2.